The van der Waals surface area contributed by atoms with Crippen LogP contribution in [-0.4, -0.2) is 12.6 Å². The molecular formula is C12H12N2O. The van der Waals surface area contributed by atoms with E-state index in [0.29, 0.717) is 11.6 Å². The maximum absolute atomic E-state index is 8.81. The van der Waals surface area contributed by atoms with Crippen molar-refractivity contribution in [1.29, 1.82) is 5.26 Å². The molecule has 3 heteroatoms. The summed E-state index contributed by atoms with van der Waals surface area (Å²) < 4.78 is 5.84. The second-order valence-electron chi connectivity index (χ2n) is 4.09. The molecule has 0 saturated carbocycles. The number of hydrogen-bond donors (Lipinski definition) is 1. The van der Waals surface area contributed by atoms with E-state index in [1.807, 2.05) is 18.2 Å². The van der Waals surface area contributed by atoms with E-state index in [-0.39, 0.29) is 6.10 Å². The van der Waals surface area contributed by atoms with Gasteiger partial charge in [-0.05, 0) is 31.5 Å². The van der Waals surface area contributed by atoms with E-state index in [2.05, 4.69) is 11.4 Å². The first-order valence-electron chi connectivity index (χ1n) is 5.32. The molecule has 2 heterocycles. The van der Waals surface area contributed by atoms with E-state index in [1.165, 1.54) is 12.0 Å². The Hall–Kier alpha value is -1.53. The van der Waals surface area contributed by atoms with Crippen LogP contribution in [0.2, 0.25) is 0 Å². The summed E-state index contributed by atoms with van der Waals surface area (Å²) in [5.74, 6) is 0.887. The highest BCUT2D eigenvalue weighted by Gasteiger charge is 2.35. The lowest BCUT2D eigenvalue weighted by Crippen LogP contribution is -2.36. The smallest absolute Gasteiger partial charge is 0.126 e. The van der Waals surface area contributed by atoms with E-state index in [9.17, 15) is 0 Å². The van der Waals surface area contributed by atoms with Crippen LogP contribution in [-0.2, 0) is 0 Å². The van der Waals surface area contributed by atoms with E-state index in [0.717, 1.165) is 18.7 Å². The number of hydrogen-bond acceptors (Lipinski definition) is 3. The fourth-order valence-corrected chi connectivity index (χ4v) is 2.42. The number of nitriles is 1. The molecule has 0 spiro atoms. The third-order valence-corrected chi connectivity index (χ3v) is 3.16. The quantitative estimate of drug-likeness (QED) is 0.693. The molecule has 76 valence electrons. The summed E-state index contributed by atoms with van der Waals surface area (Å²) >= 11 is 0. The van der Waals surface area contributed by atoms with Crippen LogP contribution in [0.4, 0.5) is 0 Å². The van der Waals surface area contributed by atoms with Crippen LogP contribution in [0.5, 0.6) is 5.75 Å². The fraction of sp³-hybridized carbons (Fsp3) is 0.417. The Morgan fingerprint density at radius 3 is 3.27 bits per heavy atom. The predicted molar refractivity (Wildman–Crippen MR) is 55.6 cm³/mol. The molecule has 15 heavy (non-hydrogen) atoms. The summed E-state index contributed by atoms with van der Waals surface area (Å²) in [6.45, 7) is 1.06. The lowest BCUT2D eigenvalue weighted by Gasteiger charge is -2.25. The van der Waals surface area contributed by atoms with Crippen LogP contribution in [0.1, 0.15) is 30.0 Å². The van der Waals surface area contributed by atoms with Gasteiger partial charge >= 0.3 is 0 Å². The summed E-state index contributed by atoms with van der Waals surface area (Å²) in [5.41, 5.74) is 1.88. The summed E-state index contributed by atoms with van der Waals surface area (Å²) in [4.78, 5) is 0. The van der Waals surface area contributed by atoms with Gasteiger partial charge < -0.3 is 10.1 Å². The van der Waals surface area contributed by atoms with E-state index in [1.54, 1.807) is 0 Å². The van der Waals surface area contributed by atoms with Crippen LogP contribution in [0, 0.1) is 11.3 Å². The second kappa shape index (κ2) is 3.25. The van der Waals surface area contributed by atoms with Crippen molar-refractivity contribution in [3.8, 4) is 11.8 Å². The number of fused-ring (bicyclic) bond motifs is 3. The third kappa shape index (κ3) is 1.30. The Balaban J connectivity index is 2.01. The number of piperidine rings is 1. The van der Waals surface area contributed by atoms with Crippen LogP contribution >= 0.6 is 0 Å². The maximum Gasteiger partial charge on any atom is 0.126 e. The Morgan fingerprint density at radius 1 is 1.47 bits per heavy atom. The third-order valence-electron chi connectivity index (χ3n) is 3.16. The monoisotopic (exact) mass is 200 g/mol. The molecule has 1 aromatic carbocycles. The van der Waals surface area contributed by atoms with Gasteiger partial charge in [0.15, 0.2) is 0 Å². The maximum atomic E-state index is 8.81. The van der Waals surface area contributed by atoms with Crippen molar-refractivity contribution in [3.63, 3.8) is 0 Å². The number of benzene rings is 1. The average Bonchev–Trinajstić information content (AvgIpc) is 2.66. The largest absolute Gasteiger partial charge is 0.488 e. The zero-order chi connectivity index (χ0) is 10.3. The fourth-order valence-electron chi connectivity index (χ4n) is 2.42. The Morgan fingerprint density at radius 2 is 2.40 bits per heavy atom. The van der Waals surface area contributed by atoms with Crippen LogP contribution in [0.15, 0.2) is 18.2 Å². The van der Waals surface area contributed by atoms with Gasteiger partial charge in [0, 0.05) is 5.56 Å². The Labute approximate surface area is 88.7 Å². The average molecular weight is 200 g/mol. The molecule has 2 aliphatic rings. The van der Waals surface area contributed by atoms with Gasteiger partial charge in [-0.25, -0.2) is 0 Å². The van der Waals surface area contributed by atoms with E-state index >= 15 is 0 Å². The van der Waals surface area contributed by atoms with E-state index in [4.69, 9.17) is 10.00 Å². The van der Waals surface area contributed by atoms with Gasteiger partial charge in [0.25, 0.3) is 0 Å². The molecule has 2 atom stereocenters. The van der Waals surface area contributed by atoms with Gasteiger partial charge in [0.2, 0.25) is 0 Å². The van der Waals surface area contributed by atoms with Gasteiger partial charge in [0.1, 0.15) is 11.9 Å². The predicted octanol–water partition coefficient (Wildman–Crippen LogP) is 1.74. The molecule has 1 fully saturated rings. The number of ether oxygens (including phenoxy) is 1. The molecule has 0 amide bonds. The molecule has 0 radical (unpaired) electrons. The normalized spacial score (nSPS) is 27.4. The van der Waals surface area contributed by atoms with Gasteiger partial charge in [-0.2, -0.15) is 5.26 Å². The number of nitrogens with zero attached hydrogens (tertiary/aromatic N) is 1. The highest BCUT2D eigenvalue weighted by atomic mass is 16.5. The zero-order valence-corrected chi connectivity index (χ0v) is 8.36. The highest BCUT2D eigenvalue weighted by molar-refractivity contribution is 5.47. The minimum absolute atomic E-state index is 0.266. The number of nitrogens with one attached hydrogen (secondary N) is 1. The molecule has 1 saturated heterocycles. The minimum atomic E-state index is 0.266. The Kier molecular flexibility index (Phi) is 1.90. The Bertz CT molecular complexity index is 436. The summed E-state index contributed by atoms with van der Waals surface area (Å²) in [6.07, 6.45) is 2.54. The lowest BCUT2D eigenvalue weighted by molar-refractivity contribution is 0.154. The lowest BCUT2D eigenvalue weighted by atomic mass is 9.96. The first-order chi connectivity index (χ1) is 7.38. The van der Waals surface area contributed by atoms with Crippen LogP contribution in [0.25, 0.3) is 0 Å². The summed E-state index contributed by atoms with van der Waals surface area (Å²) in [6, 6.07) is 8.19. The van der Waals surface area contributed by atoms with Gasteiger partial charge in [-0.1, -0.05) is 6.07 Å². The SMILES string of the molecule is N#Cc1ccc2c(c1)O[C@@H]1CCCN[C@H]21. The van der Waals surface area contributed by atoms with Crippen molar-refractivity contribution in [2.24, 2.45) is 0 Å². The molecule has 1 aromatic rings. The van der Waals surface area contributed by atoms with Crippen molar-refractivity contribution in [2.75, 3.05) is 6.54 Å². The molecule has 1 N–H and O–H groups in total. The highest BCUT2D eigenvalue weighted by Crippen LogP contribution is 2.40. The van der Waals surface area contributed by atoms with Crippen molar-refractivity contribution in [1.82, 2.24) is 5.32 Å². The molecule has 0 aromatic heterocycles. The minimum Gasteiger partial charge on any atom is -0.488 e. The summed E-state index contributed by atoms with van der Waals surface area (Å²) in [5, 5.41) is 12.3. The topological polar surface area (TPSA) is 45.0 Å². The van der Waals surface area contributed by atoms with Crippen LogP contribution in [0.3, 0.4) is 0 Å². The van der Waals surface area contributed by atoms with Crippen molar-refractivity contribution >= 4 is 0 Å². The zero-order valence-electron chi connectivity index (χ0n) is 8.36. The molecule has 0 aliphatic carbocycles. The van der Waals surface area contributed by atoms with E-state index < -0.39 is 0 Å². The summed E-state index contributed by atoms with van der Waals surface area (Å²) in [7, 11) is 0. The van der Waals surface area contributed by atoms with Gasteiger partial charge in [-0.3, -0.25) is 0 Å². The molecule has 3 rings (SSSR count). The second-order valence-corrected chi connectivity index (χ2v) is 4.09. The van der Waals surface area contributed by atoms with Crippen molar-refractivity contribution in [3.05, 3.63) is 29.3 Å². The van der Waals surface area contributed by atoms with Crippen LogP contribution < -0.4 is 10.1 Å². The standard InChI is InChI=1S/C12H12N2O/c13-7-8-3-4-9-11(6-8)15-10-2-1-5-14-12(9)10/h3-4,6,10,12,14H,1-2,5H2/t10-,12-/m1/s1. The van der Waals surface area contributed by atoms with Gasteiger partial charge in [-0.15, -0.1) is 0 Å². The van der Waals surface area contributed by atoms with Crippen molar-refractivity contribution in [2.45, 2.75) is 25.0 Å². The molecule has 2 aliphatic heterocycles. The molecular weight excluding hydrogens is 188 g/mol. The first kappa shape index (κ1) is 8.75. The molecule has 0 unspecified atom stereocenters. The molecule has 0 bridgehead atoms. The first-order valence-corrected chi connectivity index (χ1v) is 5.32. The van der Waals surface area contributed by atoms with Gasteiger partial charge in [0.05, 0.1) is 17.7 Å². The van der Waals surface area contributed by atoms with Crippen molar-refractivity contribution < 1.29 is 4.74 Å². The number of rotatable bonds is 0. The molecule has 3 nitrogen and oxygen atoms in total.